The van der Waals surface area contributed by atoms with Crippen LogP contribution in [0.25, 0.3) is 0 Å². The van der Waals surface area contributed by atoms with Gasteiger partial charge in [-0.3, -0.25) is 4.79 Å². The molecule has 14 heavy (non-hydrogen) atoms. The van der Waals surface area contributed by atoms with Crippen LogP contribution in [0.5, 0.6) is 0 Å². The molecule has 76 valence electrons. The van der Waals surface area contributed by atoms with E-state index in [9.17, 15) is 4.79 Å². The second-order valence-electron chi connectivity index (χ2n) is 3.34. The van der Waals surface area contributed by atoms with E-state index in [2.05, 4.69) is 15.2 Å². The molecular formula is C9H13N3OS. The van der Waals surface area contributed by atoms with Crippen LogP contribution in [0.1, 0.15) is 6.92 Å². The van der Waals surface area contributed by atoms with Gasteiger partial charge in [0.15, 0.2) is 10.9 Å². The number of carbonyl (C=O) groups is 1. The van der Waals surface area contributed by atoms with E-state index in [0.717, 1.165) is 24.8 Å². The quantitative estimate of drug-likeness (QED) is 0.774. The van der Waals surface area contributed by atoms with Gasteiger partial charge in [0.05, 0.1) is 0 Å². The van der Waals surface area contributed by atoms with Gasteiger partial charge in [-0.2, -0.15) is 0 Å². The molecule has 0 aliphatic carbocycles. The average Bonchev–Trinajstić information content (AvgIpc) is 2.70. The largest absolute Gasteiger partial charge is 0.335 e. The monoisotopic (exact) mass is 211 g/mol. The Hall–Kier alpha value is -0.940. The summed E-state index contributed by atoms with van der Waals surface area (Å²) in [5.74, 6) is 0.201. The minimum atomic E-state index is -0.0464. The molecule has 1 saturated heterocycles. The minimum absolute atomic E-state index is 0.0464. The molecule has 1 atom stereocenters. The van der Waals surface area contributed by atoms with E-state index >= 15 is 0 Å². The van der Waals surface area contributed by atoms with Crippen LogP contribution in [0.2, 0.25) is 0 Å². The molecule has 2 rings (SSSR count). The maximum Gasteiger partial charge on any atom is 0.185 e. The number of anilines is 1. The molecule has 0 bridgehead atoms. The van der Waals surface area contributed by atoms with Crippen LogP contribution >= 0.6 is 11.3 Å². The Morgan fingerprint density at radius 2 is 2.64 bits per heavy atom. The van der Waals surface area contributed by atoms with Crippen molar-refractivity contribution in [3.8, 4) is 0 Å². The number of hydrogen-bond acceptors (Lipinski definition) is 5. The lowest BCUT2D eigenvalue weighted by Crippen LogP contribution is -2.54. The molecule has 1 fully saturated rings. The molecule has 0 saturated carbocycles. The van der Waals surface area contributed by atoms with Crippen LogP contribution in [0.3, 0.4) is 0 Å². The predicted octanol–water partition coefficient (Wildman–Crippen LogP) is 0.510. The fraction of sp³-hybridized carbons (Fsp3) is 0.556. The summed E-state index contributed by atoms with van der Waals surface area (Å²) in [4.78, 5) is 17.7. The smallest absolute Gasteiger partial charge is 0.185 e. The van der Waals surface area contributed by atoms with Gasteiger partial charge in [-0.25, -0.2) is 4.98 Å². The Morgan fingerprint density at radius 3 is 3.29 bits per heavy atom. The predicted molar refractivity (Wildman–Crippen MR) is 56.8 cm³/mol. The van der Waals surface area contributed by atoms with Gasteiger partial charge in [0.25, 0.3) is 0 Å². The summed E-state index contributed by atoms with van der Waals surface area (Å²) in [6.45, 7) is 4.15. The molecule has 0 amide bonds. The highest BCUT2D eigenvalue weighted by Crippen LogP contribution is 2.20. The zero-order valence-corrected chi connectivity index (χ0v) is 8.88. The van der Waals surface area contributed by atoms with Crippen molar-refractivity contribution in [2.45, 2.75) is 13.0 Å². The molecule has 1 aliphatic rings. The Bertz CT molecular complexity index is 312. The third-order valence-electron chi connectivity index (χ3n) is 2.38. The summed E-state index contributed by atoms with van der Waals surface area (Å²) in [5, 5.41) is 6.11. The Labute approximate surface area is 86.9 Å². The van der Waals surface area contributed by atoms with Crippen LogP contribution in [0.15, 0.2) is 11.6 Å². The van der Waals surface area contributed by atoms with E-state index in [1.54, 1.807) is 24.5 Å². The molecule has 0 radical (unpaired) electrons. The second kappa shape index (κ2) is 4.06. The van der Waals surface area contributed by atoms with Gasteiger partial charge in [0.2, 0.25) is 0 Å². The topological polar surface area (TPSA) is 45.2 Å². The van der Waals surface area contributed by atoms with Crippen molar-refractivity contribution >= 4 is 22.3 Å². The van der Waals surface area contributed by atoms with Gasteiger partial charge in [-0.15, -0.1) is 11.3 Å². The molecule has 1 aliphatic heterocycles. The van der Waals surface area contributed by atoms with Crippen LogP contribution in [-0.4, -0.2) is 36.4 Å². The normalized spacial score (nSPS) is 22.4. The van der Waals surface area contributed by atoms with E-state index in [4.69, 9.17) is 0 Å². The van der Waals surface area contributed by atoms with Crippen molar-refractivity contribution in [1.82, 2.24) is 10.3 Å². The average molecular weight is 211 g/mol. The molecule has 0 spiro atoms. The van der Waals surface area contributed by atoms with E-state index in [1.165, 1.54) is 0 Å². The van der Waals surface area contributed by atoms with E-state index in [1.807, 2.05) is 5.38 Å². The van der Waals surface area contributed by atoms with Crippen LogP contribution in [0.4, 0.5) is 5.13 Å². The summed E-state index contributed by atoms with van der Waals surface area (Å²) in [7, 11) is 0. The van der Waals surface area contributed by atoms with Gasteiger partial charge in [-0.1, -0.05) is 0 Å². The zero-order chi connectivity index (χ0) is 9.97. The summed E-state index contributed by atoms with van der Waals surface area (Å²) in [6.07, 6.45) is 1.78. The number of piperazine rings is 1. The van der Waals surface area contributed by atoms with Crippen LogP contribution in [-0.2, 0) is 4.79 Å². The van der Waals surface area contributed by atoms with Crippen molar-refractivity contribution in [3.05, 3.63) is 11.6 Å². The number of ketones is 1. The lowest BCUT2D eigenvalue weighted by Gasteiger charge is -2.34. The lowest BCUT2D eigenvalue weighted by molar-refractivity contribution is -0.118. The number of aromatic nitrogens is 1. The number of rotatable bonds is 2. The summed E-state index contributed by atoms with van der Waals surface area (Å²) < 4.78 is 0. The molecule has 4 nitrogen and oxygen atoms in total. The third-order valence-corrected chi connectivity index (χ3v) is 3.19. The number of nitrogens with one attached hydrogen (secondary N) is 1. The summed E-state index contributed by atoms with van der Waals surface area (Å²) in [6, 6.07) is -0.0464. The van der Waals surface area contributed by atoms with Crippen LogP contribution in [0, 0.1) is 0 Å². The maximum absolute atomic E-state index is 11.4. The molecule has 1 aromatic rings. The Balaban J connectivity index is 2.18. The molecule has 5 heteroatoms. The van der Waals surface area contributed by atoms with E-state index < -0.39 is 0 Å². The number of hydrogen-bond donors (Lipinski definition) is 1. The fourth-order valence-corrected chi connectivity index (χ4v) is 2.37. The molecule has 2 heterocycles. The number of thiazole rings is 1. The van der Waals surface area contributed by atoms with Gasteiger partial charge in [0.1, 0.15) is 6.04 Å². The van der Waals surface area contributed by atoms with Crippen molar-refractivity contribution in [3.63, 3.8) is 0 Å². The third kappa shape index (κ3) is 1.78. The van der Waals surface area contributed by atoms with E-state index in [0.29, 0.717) is 0 Å². The fourth-order valence-electron chi connectivity index (χ4n) is 1.65. The lowest BCUT2D eigenvalue weighted by atomic mass is 10.1. The zero-order valence-electron chi connectivity index (χ0n) is 8.06. The first kappa shape index (κ1) is 9.61. The Morgan fingerprint density at radius 1 is 1.79 bits per heavy atom. The maximum atomic E-state index is 11.4. The Kier molecular flexibility index (Phi) is 2.79. The highest BCUT2D eigenvalue weighted by atomic mass is 32.1. The molecule has 1 aromatic heterocycles. The second-order valence-corrected chi connectivity index (χ2v) is 4.21. The van der Waals surface area contributed by atoms with Crippen molar-refractivity contribution in [1.29, 1.82) is 0 Å². The molecule has 1 N–H and O–H groups in total. The number of Topliss-reactive ketones (excluding diaryl/α,β-unsaturated/α-hetero) is 1. The van der Waals surface area contributed by atoms with Gasteiger partial charge < -0.3 is 10.2 Å². The minimum Gasteiger partial charge on any atom is -0.335 e. The van der Waals surface area contributed by atoms with E-state index in [-0.39, 0.29) is 11.8 Å². The number of nitrogens with zero attached hydrogens (tertiary/aromatic N) is 2. The highest BCUT2D eigenvalue weighted by molar-refractivity contribution is 7.13. The summed E-state index contributed by atoms with van der Waals surface area (Å²) in [5.41, 5.74) is 0. The van der Waals surface area contributed by atoms with Gasteiger partial charge >= 0.3 is 0 Å². The van der Waals surface area contributed by atoms with Gasteiger partial charge in [-0.05, 0) is 6.92 Å². The van der Waals surface area contributed by atoms with Crippen molar-refractivity contribution in [2.75, 3.05) is 24.5 Å². The van der Waals surface area contributed by atoms with Crippen molar-refractivity contribution in [2.24, 2.45) is 0 Å². The summed E-state index contributed by atoms with van der Waals surface area (Å²) >= 11 is 1.59. The first-order valence-corrected chi connectivity index (χ1v) is 5.54. The molecule has 0 aromatic carbocycles. The molecular weight excluding hydrogens is 198 g/mol. The highest BCUT2D eigenvalue weighted by Gasteiger charge is 2.27. The van der Waals surface area contributed by atoms with Crippen LogP contribution < -0.4 is 10.2 Å². The molecule has 1 unspecified atom stereocenters. The van der Waals surface area contributed by atoms with Crippen molar-refractivity contribution < 1.29 is 4.79 Å². The first-order valence-electron chi connectivity index (χ1n) is 4.66. The van der Waals surface area contributed by atoms with Gasteiger partial charge in [0, 0.05) is 31.2 Å². The number of carbonyl (C=O) groups excluding carboxylic acids is 1. The first-order chi connectivity index (χ1) is 6.79. The SMILES string of the molecule is CC(=O)C1CNCCN1c1nccs1. The standard InChI is InChI=1S/C9H13N3OS/c1-7(13)8-6-10-2-4-12(8)9-11-3-5-14-9/h3,5,8,10H,2,4,6H2,1H3.